The maximum absolute atomic E-state index is 10.4. The van der Waals surface area contributed by atoms with Gasteiger partial charge in [0.25, 0.3) is 0 Å². The molecule has 1 fully saturated rings. The third-order valence-electron chi connectivity index (χ3n) is 4.44. The Bertz CT molecular complexity index is 715. The molecule has 0 bridgehead atoms. The number of anilines is 1. The van der Waals surface area contributed by atoms with Gasteiger partial charge in [-0.25, -0.2) is 9.97 Å². The summed E-state index contributed by atoms with van der Waals surface area (Å²) in [5.74, 6) is 0.648. The van der Waals surface area contributed by atoms with Gasteiger partial charge in [0.15, 0.2) is 11.5 Å². The summed E-state index contributed by atoms with van der Waals surface area (Å²) in [6, 6.07) is 12.1. The average Bonchev–Trinajstić information content (AvgIpc) is 2.64. The number of aromatic nitrogens is 2. The first-order valence-electron chi connectivity index (χ1n) is 8.12. The number of nitrogens with zero attached hydrogens (tertiary/aromatic N) is 5. The number of benzene rings is 1. The van der Waals surface area contributed by atoms with Crippen LogP contribution >= 0.6 is 0 Å². The molecule has 0 spiro atoms. The molecule has 6 heteroatoms. The van der Waals surface area contributed by atoms with Crippen LogP contribution < -0.4 is 4.90 Å². The van der Waals surface area contributed by atoms with E-state index >= 15 is 0 Å². The smallest absolute Gasteiger partial charge is 0.183 e. The highest BCUT2D eigenvalue weighted by atomic mass is 16.3. The van der Waals surface area contributed by atoms with Crippen LogP contribution in [0.4, 0.5) is 5.82 Å². The van der Waals surface area contributed by atoms with E-state index in [1.165, 1.54) is 6.20 Å². The largest absolute Gasteiger partial charge is 0.387 e. The zero-order valence-electron chi connectivity index (χ0n) is 13.7. The van der Waals surface area contributed by atoms with E-state index in [0.717, 1.165) is 25.2 Å². The highest BCUT2D eigenvalue weighted by Gasteiger charge is 2.27. The lowest BCUT2D eigenvalue weighted by molar-refractivity contribution is 0.0848. The van der Waals surface area contributed by atoms with Crippen molar-refractivity contribution < 1.29 is 5.11 Å². The van der Waals surface area contributed by atoms with Crippen molar-refractivity contribution in [1.29, 1.82) is 5.26 Å². The van der Waals surface area contributed by atoms with Gasteiger partial charge >= 0.3 is 0 Å². The first-order valence-corrected chi connectivity index (χ1v) is 8.12. The Labute approximate surface area is 142 Å². The molecule has 24 heavy (non-hydrogen) atoms. The van der Waals surface area contributed by atoms with E-state index in [-0.39, 0.29) is 6.04 Å². The first-order chi connectivity index (χ1) is 11.7. The van der Waals surface area contributed by atoms with Gasteiger partial charge in [0, 0.05) is 44.6 Å². The third-order valence-corrected chi connectivity index (χ3v) is 4.44. The number of hydrogen-bond acceptors (Lipinski definition) is 6. The number of hydrogen-bond donors (Lipinski definition) is 1. The normalized spacial score (nSPS) is 19.7. The summed E-state index contributed by atoms with van der Waals surface area (Å²) >= 11 is 0. The average molecular weight is 323 g/mol. The summed E-state index contributed by atoms with van der Waals surface area (Å²) < 4.78 is 0. The van der Waals surface area contributed by atoms with Crippen LogP contribution in [0.2, 0.25) is 0 Å². The molecule has 0 saturated carbocycles. The SMILES string of the molecule is CC1CN(c2nccnc2C#N)CCN1CC(O)c1ccccc1. The molecule has 0 amide bonds. The van der Waals surface area contributed by atoms with E-state index in [9.17, 15) is 10.4 Å². The number of piperazine rings is 1. The van der Waals surface area contributed by atoms with Crippen molar-refractivity contribution in [3.8, 4) is 6.07 Å². The van der Waals surface area contributed by atoms with Crippen molar-refractivity contribution in [2.75, 3.05) is 31.1 Å². The van der Waals surface area contributed by atoms with Gasteiger partial charge < -0.3 is 10.0 Å². The second-order valence-corrected chi connectivity index (χ2v) is 6.06. The van der Waals surface area contributed by atoms with E-state index in [1.54, 1.807) is 6.20 Å². The van der Waals surface area contributed by atoms with E-state index in [2.05, 4.69) is 32.8 Å². The van der Waals surface area contributed by atoms with Crippen molar-refractivity contribution in [2.45, 2.75) is 19.1 Å². The Morgan fingerprint density at radius 2 is 2.00 bits per heavy atom. The zero-order valence-corrected chi connectivity index (χ0v) is 13.7. The molecule has 6 nitrogen and oxygen atoms in total. The maximum atomic E-state index is 10.4. The fourth-order valence-electron chi connectivity index (χ4n) is 3.10. The van der Waals surface area contributed by atoms with Gasteiger partial charge in [0.2, 0.25) is 0 Å². The molecule has 0 aliphatic carbocycles. The Morgan fingerprint density at radius 1 is 1.25 bits per heavy atom. The van der Waals surface area contributed by atoms with E-state index in [0.29, 0.717) is 18.1 Å². The van der Waals surface area contributed by atoms with Gasteiger partial charge in [0.1, 0.15) is 6.07 Å². The molecule has 1 N–H and O–H groups in total. The van der Waals surface area contributed by atoms with Crippen LogP contribution in [0.5, 0.6) is 0 Å². The highest BCUT2D eigenvalue weighted by molar-refractivity contribution is 5.49. The van der Waals surface area contributed by atoms with Crippen LogP contribution in [0.3, 0.4) is 0 Å². The number of β-amino-alcohol motifs (C(OH)–C–C–N with tert-alkyl or cyclic N) is 1. The highest BCUT2D eigenvalue weighted by Crippen LogP contribution is 2.21. The Morgan fingerprint density at radius 3 is 2.71 bits per heavy atom. The lowest BCUT2D eigenvalue weighted by atomic mass is 10.1. The van der Waals surface area contributed by atoms with Crippen molar-refractivity contribution in [3.05, 3.63) is 54.0 Å². The van der Waals surface area contributed by atoms with Gasteiger partial charge in [-0.3, -0.25) is 4.90 Å². The molecule has 2 heterocycles. The van der Waals surface area contributed by atoms with Gasteiger partial charge in [-0.2, -0.15) is 5.26 Å². The minimum Gasteiger partial charge on any atom is -0.387 e. The van der Waals surface area contributed by atoms with Crippen LogP contribution in [0, 0.1) is 11.3 Å². The number of aliphatic hydroxyl groups excluding tert-OH is 1. The molecule has 124 valence electrons. The summed E-state index contributed by atoms with van der Waals surface area (Å²) in [6.45, 7) is 5.07. The van der Waals surface area contributed by atoms with Gasteiger partial charge in [-0.1, -0.05) is 30.3 Å². The summed E-state index contributed by atoms with van der Waals surface area (Å²) in [5.41, 5.74) is 1.30. The number of rotatable bonds is 4. The summed E-state index contributed by atoms with van der Waals surface area (Å²) in [5, 5.41) is 19.6. The van der Waals surface area contributed by atoms with Crippen LogP contribution in [-0.2, 0) is 0 Å². The monoisotopic (exact) mass is 323 g/mol. The van der Waals surface area contributed by atoms with Crippen molar-refractivity contribution >= 4 is 5.82 Å². The Balaban J connectivity index is 1.64. The summed E-state index contributed by atoms with van der Waals surface area (Å²) in [4.78, 5) is 12.8. The molecule has 1 aromatic carbocycles. The molecule has 1 saturated heterocycles. The standard InChI is InChI=1S/C18H21N5O/c1-14-12-23(18-16(11-19)20-7-8-21-18)10-9-22(14)13-17(24)15-5-3-2-4-6-15/h2-8,14,17,24H,9-10,12-13H2,1H3. The molecule has 3 rings (SSSR count). The quantitative estimate of drug-likeness (QED) is 0.921. The molecular formula is C18H21N5O. The fraction of sp³-hybridized carbons (Fsp3) is 0.389. The number of aliphatic hydroxyl groups is 1. The number of nitriles is 1. The van der Waals surface area contributed by atoms with Crippen molar-refractivity contribution in [1.82, 2.24) is 14.9 Å². The van der Waals surface area contributed by atoms with Crippen LogP contribution in [-0.4, -0.2) is 52.2 Å². The minimum atomic E-state index is -0.494. The zero-order chi connectivity index (χ0) is 16.9. The fourth-order valence-corrected chi connectivity index (χ4v) is 3.10. The lowest BCUT2D eigenvalue weighted by Crippen LogP contribution is -2.53. The molecule has 2 unspecified atom stereocenters. The van der Waals surface area contributed by atoms with E-state index in [1.807, 2.05) is 30.3 Å². The maximum Gasteiger partial charge on any atom is 0.183 e. The van der Waals surface area contributed by atoms with Crippen LogP contribution in [0.25, 0.3) is 0 Å². The molecule has 2 atom stereocenters. The Hall–Kier alpha value is -2.49. The second kappa shape index (κ2) is 7.39. The van der Waals surface area contributed by atoms with Crippen LogP contribution in [0.1, 0.15) is 24.3 Å². The topological polar surface area (TPSA) is 76.3 Å². The van der Waals surface area contributed by atoms with Gasteiger partial charge in [-0.05, 0) is 12.5 Å². The minimum absolute atomic E-state index is 0.255. The van der Waals surface area contributed by atoms with Crippen LogP contribution in [0.15, 0.2) is 42.7 Å². The summed E-state index contributed by atoms with van der Waals surface area (Å²) in [7, 11) is 0. The predicted octanol–water partition coefficient (Wildman–Crippen LogP) is 1.59. The summed E-state index contributed by atoms with van der Waals surface area (Å²) in [6.07, 6.45) is 2.66. The second-order valence-electron chi connectivity index (χ2n) is 6.06. The van der Waals surface area contributed by atoms with Crippen molar-refractivity contribution in [3.63, 3.8) is 0 Å². The molecule has 0 radical (unpaired) electrons. The van der Waals surface area contributed by atoms with Gasteiger partial charge in [0.05, 0.1) is 6.10 Å². The van der Waals surface area contributed by atoms with E-state index < -0.39 is 6.10 Å². The molecule has 1 aromatic heterocycles. The van der Waals surface area contributed by atoms with Gasteiger partial charge in [-0.15, -0.1) is 0 Å². The first kappa shape index (κ1) is 16.4. The molecule has 1 aliphatic heterocycles. The molecule has 2 aromatic rings. The Kier molecular flexibility index (Phi) is 5.04. The van der Waals surface area contributed by atoms with Crippen molar-refractivity contribution in [2.24, 2.45) is 0 Å². The lowest BCUT2D eigenvalue weighted by Gasteiger charge is -2.41. The molecular weight excluding hydrogens is 302 g/mol. The van der Waals surface area contributed by atoms with E-state index in [4.69, 9.17) is 0 Å². The third kappa shape index (κ3) is 3.53. The predicted molar refractivity (Wildman–Crippen MR) is 91.4 cm³/mol. The molecule has 1 aliphatic rings.